The SMILES string of the molecule is COc1ccc(-c2cc(-c3ccc(C)cc3)nc3sc(C(=O)Nc4cccc(Cl)c4C)c(N)c23)cc1. The minimum Gasteiger partial charge on any atom is -0.497 e. The minimum absolute atomic E-state index is 0.293. The van der Waals surface area contributed by atoms with Gasteiger partial charge in [-0.2, -0.15) is 0 Å². The third kappa shape index (κ3) is 4.41. The van der Waals surface area contributed by atoms with Crippen molar-refractivity contribution >= 4 is 50.4 Å². The molecular formula is C29H24ClN3O2S. The van der Waals surface area contributed by atoms with Crippen LogP contribution in [0, 0.1) is 13.8 Å². The van der Waals surface area contributed by atoms with Crippen LogP contribution in [0.15, 0.2) is 72.8 Å². The number of nitrogens with zero attached hydrogens (tertiary/aromatic N) is 1. The number of nitrogens with one attached hydrogen (secondary N) is 1. The number of aryl methyl sites for hydroxylation is 1. The summed E-state index contributed by atoms with van der Waals surface area (Å²) in [5.74, 6) is 0.469. The summed E-state index contributed by atoms with van der Waals surface area (Å²) in [6, 6.07) is 23.4. The summed E-state index contributed by atoms with van der Waals surface area (Å²) < 4.78 is 5.33. The van der Waals surface area contributed by atoms with Crippen molar-refractivity contribution in [3.63, 3.8) is 0 Å². The fraction of sp³-hybridized carbons (Fsp3) is 0.103. The monoisotopic (exact) mass is 513 g/mol. The van der Waals surface area contributed by atoms with Crippen LogP contribution in [-0.4, -0.2) is 18.0 Å². The Morgan fingerprint density at radius 1 is 1.00 bits per heavy atom. The molecule has 7 heteroatoms. The standard InChI is InChI=1S/C29H24ClN3O2S/c1-16-7-9-19(10-8-16)24-15-21(18-11-13-20(35-3)14-12-18)25-26(31)27(36-29(25)33-24)28(34)32-23-6-4-5-22(30)17(23)2/h4-15H,31H2,1-3H3,(H,32,34). The van der Waals surface area contributed by atoms with Crippen LogP contribution in [0.25, 0.3) is 32.6 Å². The van der Waals surface area contributed by atoms with Gasteiger partial charge in [-0.25, -0.2) is 4.98 Å². The number of carbonyl (C=O) groups excluding carboxylic acids is 1. The van der Waals surface area contributed by atoms with Crippen LogP contribution in [0.5, 0.6) is 5.75 Å². The lowest BCUT2D eigenvalue weighted by Crippen LogP contribution is -2.12. The smallest absolute Gasteiger partial charge is 0.267 e. The first-order valence-corrected chi connectivity index (χ1v) is 12.6. The van der Waals surface area contributed by atoms with Crippen LogP contribution in [0.2, 0.25) is 5.02 Å². The van der Waals surface area contributed by atoms with Crippen molar-refractivity contribution in [2.24, 2.45) is 0 Å². The molecule has 0 bridgehead atoms. The maximum absolute atomic E-state index is 13.3. The third-order valence-electron chi connectivity index (χ3n) is 6.17. The summed E-state index contributed by atoms with van der Waals surface area (Å²) in [5, 5.41) is 4.30. The van der Waals surface area contributed by atoms with Crippen molar-refractivity contribution in [1.29, 1.82) is 0 Å². The molecular weight excluding hydrogens is 490 g/mol. The largest absolute Gasteiger partial charge is 0.497 e. The highest BCUT2D eigenvalue weighted by atomic mass is 35.5. The van der Waals surface area contributed by atoms with Gasteiger partial charge in [0, 0.05) is 21.7 Å². The highest BCUT2D eigenvalue weighted by molar-refractivity contribution is 7.21. The van der Waals surface area contributed by atoms with Crippen LogP contribution >= 0.6 is 22.9 Å². The van der Waals surface area contributed by atoms with Gasteiger partial charge < -0.3 is 15.8 Å². The van der Waals surface area contributed by atoms with E-state index < -0.39 is 0 Å². The molecule has 0 aliphatic heterocycles. The molecule has 0 atom stereocenters. The first kappa shape index (κ1) is 23.9. The second kappa shape index (κ2) is 9.64. The van der Waals surface area contributed by atoms with E-state index in [-0.39, 0.29) is 5.91 Å². The van der Waals surface area contributed by atoms with Crippen molar-refractivity contribution in [3.05, 3.63) is 93.8 Å². The zero-order valence-electron chi connectivity index (χ0n) is 20.1. The summed E-state index contributed by atoms with van der Waals surface area (Å²) in [6.45, 7) is 3.92. The molecule has 0 aliphatic rings. The van der Waals surface area contributed by atoms with Gasteiger partial charge in [0.15, 0.2) is 0 Å². The normalized spacial score (nSPS) is 11.0. The highest BCUT2D eigenvalue weighted by Gasteiger charge is 2.22. The van der Waals surface area contributed by atoms with Gasteiger partial charge in [0.2, 0.25) is 0 Å². The van der Waals surface area contributed by atoms with Crippen LogP contribution < -0.4 is 15.8 Å². The van der Waals surface area contributed by atoms with Crippen molar-refractivity contribution < 1.29 is 9.53 Å². The van der Waals surface area contributed by atoms with Gasteiger partial charge in [-0.3, -0.25) is 4.79 Å². The molecule has 36 heavy (non-hydrogen) atoms. The first-order chi connectivity index (χ1) is 17.4. The van der Waals surface area contributed by atoms with Crippen LogP contribution in [-0.2, 0) is 0 Å². The molecule has 2 heterocycles. The quantitative estimate of drug-likeness (QED) is 0.252. The zero-order valence-corrected chi connectivity index (χ0v) is 21.6. The van der Waals surface area contributed by atoms with E-state index >= 15 is 0 Å². The number of thiophene rings is 1. The number of benzene rings is 3. The van der Waals surface area contributed by atoms with E-state index in [2.05, 4.69) is 24.4 Å². The summed E-state index contributed by atoms with van der Waals surface area (Å²) in [6.07, 6.45) is 0. The molecule has 0 spiro atoms. The molecule has 3 aromatic carbocycles. The molecule has 0 fully saturated rings. The Balaban J connectivity index is 1.67. The van der Waals surface area contributed by atoms with Crippen molar-refractivity contribution in [3.8, 4) is 28.1 Å². The Hall–Kier alpha value is -3.87. The lowest BCUT2D eigenvalue weighted by Gasteiger charge is -2.10. The summed E-state index contributed by atoms with van der Waals surface area (Å²) in [4.78, 5) is 19.3. The van der Waals surface area contributed by atoms with E-state index in [1.807, 2.05) is 55.5 Å². The number of hydrogen-bond donors (Lipinski definition) is 2. The van der Waals surface area contributed by atoms with Crippen LogP contribution in [0.3, 0.4) is 0 Å². The highest BCUT2D eigenvalue weighted by Crippen LogP contribution is 2.42. The fourth-order valence-electron chi connectivity index (χ4n) is 4.08. The van der Waals surface area contributed by atoms with E-state index in [0.29, 0.717) is 26.1 Å². The number of rotatable bonds is 5. The number of nitrogen functional groups attached to an aromatic ring is 1. The predicted octanol–water partition coefficient (Wildman–Crippen LogP) is 7.74. The van der Waals surface area contributed by atoms with Crippen LogP contribution in [0.1, 0.15) is 20.8 Å². The fourth-order valence-corrected chi connectivity index (χ4v) is 5.27. The van der Waals surface area contributed by atoms with Crippen molar-refractivity contribution in [2.75, 3.05) is 18.2 Å². The Kier molecular flexibility index (Phi) is 6.39. The number of amides is 1. The number of aromatic nitrogens is 1. The average molecular weight is 514 g/mol. The van der Waals surface area contributed by atoms with E-state index in [1.165, 1.54) is 16.9 Å². The van der Waals surface area contributed by atoms with Crippen LogP contribution in [0.4, 0.5) is 11.4 Å². The molecule has 5 rings (SSSR count). The molecule has 5 nitrogen and oxygen atoms in total. The molecule has 0 saturated heterocycles. The number of nitrogens with two attached hydrogens (primary N) is 1. The molecule has 0 unspecified atom stereocenters. The topological polar surface area (TPSA) is 77.2 Å². The van der Waals surface area contributed by atoms with Gasteiger partial charge >= 0.3 is 0 Å². The lowest BCUT2D eigenvalue weighted by atomic mass is 9.99. The van der Waals surface area contributed by atoms with Gasteiger partial charge in [-0.1, -0.05) is 59.6 Å². The molecule has 0 radical (unpaired) electrons. The number of carbonyl (C=O) groups is 1. The molecule has 0 saturated carbocycles. The van der Waals surface area contributed by atoms with Gasteiger partial charge in [-0.15, -0.1) is 11.3 Å². The molecule has 2 aromatic heterocycles. The number of methoxy groups -OCH3 is 1. The van der Waals surface area contributed by atoms with Gasteiger partial charge in [0.25, 0.3) is 5.91 Å². The first-order valence-electron chi connectivity index (χ1n) is 11.4. The maximum Gasteiger partial charge on any atom is 0.267 e. The second-order valence-corrected chi connectivity index (χ2v) is 9.95. The van der Waals surface area contributed by atoms with E-state index in [1.54, 1.807) is 19.2 Å². The second-order valence-electron chi connectivity index (χ2n) is 8.54. The molecule has 3 N–H and O–H groups in total. The third-order valence-corrected chi connectivity index (χ3v) is 7.68. The zero-order chi connectivity index (χ0) is 25.4. The average Bonchev–Trinajstić information content (AvgIpc) is 3.23. The van der Waals surface area contributed by atoms with E-state index in [9.17, 15) is 4.79 Å². The number of anilines is 2. The summed E-state index contributed by atoms with van der Waals surface area (Å²) in [5.41, 5.74) is 13.3. The Bertz CT molecular complexity index is 1590. The lowest BCUT2D eigenvalue weighted by molar-refractivity contribution is 0.103. The Labute approximate surface area is 218 Å². The predicted molar refractivity (Wildman–Crippen MR) is 150 cm³/mol. The van der Waals surface area contributed by atoms with Crippen molar-refractivity contribution in [1.82, 2.24) is 4.98 Å². The number of pyridine rings is 1. The van der Waals surface area contributed by atoms with Gasteiger partial charge in [0.1, 0.15) is 15.5 Å². The maximum atomic E-state index is 13.3. The Morgan fingerprint density at radius 2 is 1.69 bits per heavy atom. The minimum atomic E-state index is -0.293. The van der Waals surface area contributed by atoms with Gasteiger partial charge in [0.05, 0.1) is 18.5 Å². The number of halogens is 1. The van der Waals surface area contributed by atoms with E-state index in [4.69, 9.17) is 27.1 Å². The summed E-state index contributed by atoms with van der Waals surface area (Å²) >= 11 is 7.53. The molecule has 0 aliphatic carbocycles. The molecule has 1 amide bonds. The number of hydrogen-bond acceptors (Lipinski definition) is 5. The number of fused-ring (bicyclic) bond motifs is 1. The molecule has 5 aromatic rings. The number of ether oxygens (including phenoxy) is 1. The molecule has 180 valence electrons. The Morgan fingerprint density at radius 3 is 2.39 bits per heavy atom. The van der Waals surface area contributed by atoms with E-state index in [0.717, 1.165) is 39.1 Å². The van der Waals surface area contributed by atoms with Gasteiger partial charge in [-0.05, 0) is 60.9 Å². The van der Waals surface area contributed by atoms with Crippen molar-refractivity contribution in [2.45, 2.75) is 13.8 Å². The summed E-state index contributed by atoms with van der Waals surface area (Å²) in [7, 11) is 1.64.